The van der Waals surface area contributed by atoms with Gasteiger partial charge < -0.3 is 5.11 Å². The maximum atomic E-state index is 10.4. The summed E-state index contributed by atoms with van der Waals surface area (Å²) in [6, 6.07) is 8.01. The molecule has 1 unspecified atom stereocenters. The Balaban J connectivity index is 2.46. The van der Waals surface area contributed by atoms with E-state index in [1.165, 1.54) is 4.88 Å². The molecule has 17 heavy (non-hydrogen) atoms. The van der Waals surface area contributed by atoms with Crippen molar-refractivity contribution in [1.82, 2.24) is 0 Å². The molecule has 0 saturated heterocycles. The van der Waals surface area contributed by atoms with Gasteiger partial charge in [-0.05, 0) is 69.7 Å². The minimum Gasteiger partial charge on any atom is -0.383 e. The molecule has 0 radical (unpaired) electrons. The average Bonchev–Trinajstić information content (AvgIpc) is 2.60. The molecule has 0 aliphatic heterocycles. The second-order valence-corrected chi connectivity index (χ2v) is 7.88. The first-order valence-electron chi connectivity index (χ1n) is 4.88. The fourth-order valence-electron chi connectivity index (χ4n) is 1.55. The Morgan fingerprint density at radius 1 is 1.24 bits per heavy atom. The van der Waals surface area contributed by atoms with Gasteiger partial charge >= 0.3 is 0 Å². The Hall–Kier alpha value is 0.570. The number of aliphatic hydroxyl groups excluding tert-OH is 1. The van der Waals surface area contributed by atoms with Crippen molar-refractivity contribution < 1.29 is 5.11 Å². The molecule has 1 aromatic carbocycles. The topological polar surface area (TPSA) is 20.2 Å². The molecule has 0 bridgehead atoms. The predicted molar refractivity (Wildman–Crippen MR) is 87.7 cm³/mol. The van der Waals surface area contributed by atoms with Gasteiger partial charge in [-0.3, -0.25) is 0 Å². The van der Waals surface area contributed by atoms with Gasteiger partial charge in [-0.25, -0.2) is 0 Å². The van der Waals surface area contributed by atoms with Crippen LogP contribution in [0.5, 0.6) is 0 Å². The number of benzene rings is 1. The summed E-state index contributed by atoms with van der Waals surface area (Å²) >= 11 is 10.8. The van der Waals surface area contributed by atoms with E-state index in [0.29, 0.717) is 0 Å². The zero-order valence-corrected chi connectivity index (χ0v) is 15.0. The molecule has 1 heterocycles. The van der Waals surface area contributed by atoms with Gasteiger partial charge in [0, 0.05) is 23.0 Å². The lowest BCUT2D eigenvalue weighted by molar-refractivity contribution is 0.222. The molecule has 0 spiro atoms. The first-order chi connectivity index (χ1) is 7.99. The molecular weight excluding hydrogens is 479 g/mol. The Bertz CT molecular complexity index is 553. The Kier molecular flexibility index (Phi) is 4.68. The molecule has 2 rings (SSSR count). The van der Waals surface area contributed by atoms with Crippen molar-refractivity contribution in [2.45, 2.75) is 13.0 Å². The van der Waals surface area contributed by atoms with E-state index in [9.17, 15) is 5.11 Å². The Labute approximate surface area is 135 Å². The molecular formula is C12H9Br2IOS. The van der Waals surface area contributed by atoms with Crippen molar-refractivity contribution in [3.8, 4) is 0 Å². The van der Waals surface area contributed by atoms with Crippen LogP contribution in [0.25, 0.3) is 0 Å². The second-order valence-electron chi connectivity index (χ2n) is 3.64. The summed E-state index contributed by atoms with van der Waals surface area (Å²) in [6.45, 7) is 2.04. The van der Waals surface area contributed by atoms with Crippen molar-refractivity contribution >= 4 is 65.8 Å². The fourth-order valence-corrected chi connectivity index (χ4v) is 4.41. The highest BCUT2D eigenvalue weighted by Gasteiger charge is 2.19. The van der Waals surface area contributed by atoms with Crippen molar-refractivity contribution in [2.75, 3.05) is 0 Å². The van der Waals surface area contributed by atoms with Crippen LogP contribution >= 0.6 is 65.8 Å². The summed E-state index contributed by atoms with van der Waals surface area (Å²) in [5, 5.41) is 10.4. The van der Waals surface area contributed by atoms with Crippen LogP contribution in [0.15, 0.2) is 33.2 Å². The highest BCUT2D eigenvalue weighted by molar-refractivity contribution is 14.1. The van der Waals surface area contributed by atoms with Gasteiger partial charge in [-0.15, -0.1) is 11.3 Å². The van der Waals surface area contributed by atoms with Gasteiger partial charge in [-0.1, -0.05) is 15.9 Å². The zero-order chi connectivity index (χ0) is 12.6. The van der Waals surface area contributed by atoms with Crippen molar-refractivity contribution in [2.24, 2.45) is 0 Å². The Morgan fingerprint density at radius 3 is 2.53 bits per heavy atom. The molecule has 90 valence electrons. The number of halogens is 3. The predicted octanol–water partition coefficient (Wildman–Crippen LogP) is 5.27. The number of thiophene rings is 1. The van der Waals surface area contributed by atoms with Crippen LogP contribution < -0.4 is 0 Å². The monoisotopic (exact) mass is 486 g/mol. The largest absolute Gasteiger partial charge is 0.383 e. The van der Waals surface area contributed by atoms with E-state index in [0.717, 1.165) is 23.0 Å². The lowest BCUT2D eigenvalue weighted by Crippen LogP contribution is -1.99. The molecule has 0 amide bonds. The highest BCUT2D eigenvalue weighted by Crippen LogP contribution is 2.38. The maximum absolute atomic E-state index is 10.4. The van der Waals surface area contributed by atoms with E-state index in [1.807, 2.05) is 31.2 Å². The molecule has 0 saturated carbocycles. The van der Waals surface area contributed by atoms with Crippen LogP contribution in [0, 0.1) is 10.5 Å². The third kappa shape index (κ3) is 3.12. The van der Waals surface area contributed by atoms with E-state index >= 15 is 0 Å². The fraction of sp³-hybridized carbons (Fsp3) is 0.167. The average molecular weight is 488 g/mol. The number of aliphatic hydroxyl groups is 1. The summed E-state index contributed by atoms with van der Waals surface area (Å²) in [4.78, 5) is 2.14. The van der Waals surface area contributed by atoms with Gasteiger partial charge in [0.25, 0.3) is 0 Å². The summed E-state index contributed by atoms with van der Waals surface area (Å²) in [5.41, 5.74) is 0.902. The second kappa shape index (κ2) is 5.69. The summed E-state index contributed by atoms with van der Waals surface area (Å²) < 4.78 is 3.02. The van der Waals surface area contributed by atoms with E-state index in [1.54, 1.807) is 11.3 Å². The molecule has 0 aliphatic rings. The van der Waals surface area contributed by atoms with Crippen molar-refractivity contribution in [3.05, 3.63) is 52.1 Å². The molecule has 0 fully saturated rings. The van der Waals surface area contributed by atoms with Crippen LogP contribution in [0.2, 0.25) is 0 Å². The molecule has 2 aromatic rings. The first kappa shape index (κ1) is 14.0. The lowest BCUT2D eigenvalue weighted by Gasteiger charge is -2.12. The van der Waals surface area contributed by atoms with E-state index in [4.69, 9.17) is 0 Å². The minimum absolute atomic E-state index is 0.591. The van der Waals surface area contributed by atoms with Gasteiger partial charge in [0.15, 0.2) is 0 Å². The van der Waals surface area contributed by atoms with Crippen LogP contribution in [0.3, 0.4) is 0 Å². The third-order valence-electron chi connectivity index (χ3n) is 2.34. The van der Waals surface area contributed by atoms with Crippen LogP contribution in [0.4, 0.5) is 0 Å². The first-order valence-corrected chi connectivity index (χ1v) is 8.36. The highest BCUT2D eigenvalue weighted by atomic mass is 127. The van der Waals surface area contributed by atoms with Gasteiger partial charge in [0.05, 0.1) is 4.88 Å². The quantitative estimate of drug-likeness (QED) is 0.572. The summed E-state index contributed by atoms with van der Waals surface area (Å²) in [5.74, 6) is 0. The standard InChI is InChI=1S/C12H9Br2IOS/c1-6-4-10(14)12(17-6)11(16)8-5-7(15)2-3-9(8)13/h2-5,11,16H,1H3. The van der Waals surface area contributed by atoms with E-state index in [-0.39, 0.29) is 0 Å². The number of hydrogen-bond acceptors (Lipinski definition) is 2. The van der Waals surface area contributed by atoms with Crippen molar-refractivity contribution in [1.29, 1.82) is 0 Å². The molecule has 1 N–H and O–H groups in total. The van der Waals surface area contributed by atoms with Gasteiger partial charge in [0.1, 0.15) is 6.10 Å². The molecule has 1 nitrogen and oxygen atoms in total. The lowest BCUT2D eigenvalue weighted by atomic mass is 10.1. The van der Waals surface area contributed by atoms with Gasteiger partial charge in [-0.2, -0.15) is 0 Å². The minimum atomic E-state index is -0.591. The van der Waals surface area contributed by atoms with Crippen molar-refractivity contribution in [3.63, 3.8) is 0 Å². The van der Waals surface area contributed by atoms with Crippen LogP contribution in [-0.2, 0) is 0 Å². The van der Waals surface area contributed by atoms with E-state index in [2.05, 4.69) is 54.5 Å². The number of rotatable bonds is 2. The number of aryl methyl sites for hydroxylation is 1. The van der Waals surface area contributed by atoms with Crippen LogP contribution in [0.1, 0.15) is 21.4 Å². The zero-order valence-electron chi connectivity index (χ0n) is 8.88. The summed E-state index contributed by atoms with van der Waals surface area (Å²) in [6.07, 6.45) is -0.591. The molecule has 0 aliphatic carbocycles. The molecule has 1 atom stereocenters. The molecule has 5 heteroatoms. The van der Waals surface area contributed by atoms with Crippen LogP contribution in [-0.4, -0.2) is 5.11 Å². The van der Waals surface area contributed by atoms with Gasteiger partial charge in [0.2, 0.25) is 0 Å². The molecule has 1 aromatic heterocycles. The third-order valence-corrected chi connectivity index (χ3v) is 5.75. The smallest absolute Gasteiger partial charge is 0.115 e. The SMILES string of the molecule is Cc1cc(Br)c(C(O)c2cc(I)ccc2Br)s1. The Morgan fingerprint density at radius 2 is 1.94 bits per heavy atom. The number of hydrogen-bond donors (Lipinski definition) is 1. The normalized spacial score (nSPS) is 12.8. The van der Waals surface area contributed by atoms with E-state index < -0.39 is 6.10 Å². The summed E-state index contributed by atoms with van der Waals surface area (Å²) in [7, 11) is 0. The maximum Gasteiger partial charge on any atom is 0.115 e.